The Morgan fingerprint density at radius 2 is 1.90 bits per heavy atom. The van der Waals surface area contributed by atoms with Crippen molar-refractivity contribution in [1.29, 1.82) is 0 Å². The third kappa shape index (κ3) is 5.76. The van der Waals surface area contributed by atoms with Crippen molar-refractivity contribution in [3.63, 3.8) is 0 Å². The van der Waals surface area contributed by atoms with Gasteiger partial charge < -0.3 is 14.8 Å². The van der Waals surface area contributed by atoms with Gasteiger partial charge in [-0.15, -0.1) is 0 Å². The number of hydrogen-bond donors (Lipinski definition) is 1. The topological polar surface area (TPSA) is 83.2 Å². The van der Waals surface area contributed by atoms with Gasteiger partial charge in [0.1, 0.15) is 0 Å². The van der Waals surface area contributed by atoms with Gasteiger partial charge in [-0.1, -0.05) is 17.7 Å². The van der Waals surface area contributed by atoms with E-state index >= 15 is 0 Å². The summed E-state index contributed by atoms with van der Waals surface area (Å²) in [6.45, 7) is 7.85. The van der Waals surface area contributed by atoms with Crippen LogP contribution in [-0.4, -0.2) is 38.7 Å². The Morgan fingerprint density at radius 3 is 2.60 bits per heavy atom. The number of hydrogen-bond acceptors (Lipinski definition) is 5. The van der Waals surface area contributed by atoms with E-state index in [1.54, 1.807) is 28.0 Å². The Morgan fingerprint density at radius 1 is 1.13 bits per heavy atom. The van der Waals surface area contributed by atoms with Crippen molar-refractivity contribution in [2.24, 2.45) is 0 Å². The second-order valence-corrected chi connectivity index (χ2v) is 7.10. The lowest BCUT2D eigenvalue weighted by molar-refractivity contribution is -0.116. The van der Waals surface area contributed by atoms with Gasteiger partial charge in [-0.2, -0.15) is 10.2 Å². The van der Waals surface area contributed by atoms with Crippen LogP contribution < -0.4 is 14.8 Å². The molecule has 9 heteroatoms. The average molecular weight is 432 g/mol. The zero-order valence-corrected chi connectivity index (χ0v) is 18.1. The SMILES string of the molecule is CCOc1ccc(Cn2cc(NC(=O)CCn3cc(Cl)c(C)n3)cn2)cc1OCC. The van der Waals surface area contributed by atoms with E-state index in [4.69, 9.17) is 21.1 Å². The molecule has 0 saturated heterocycles. The van der Waals surface area contributed by atoms with E-state index in [9.17, 15) is 4.79 Å². The first-order chi connectivity index (χ1) is 14.5. The molecule has 0 fully saturated rings. The van der Waals surface area contributed by atoms with Crippen LogP contribution in [0.3, 0.4) is 0 Å². The number of nitrogens with one attached hydrogen (secondary N) is 1. The molecule has 0 aliphatic heterocycles. The molecule has 2 heterocycles. The number of amides is 1. The lowest BCUT2D eigenvalue weighted by Gasteiger charge is -2.12. The molecule has 3 aromatic rings. The minimum Gasteiger partial charge on any atom is -0.490 e. The fourth-order valence-electron chi connectivity index (χ4n) is 2.94. The summed E-state index contributed by atoms with van der Waals surface area (Å²) in [5.41, 5.74) is 2.42. The van der Waals surface area contributed by atoms with Crippen molar-refractivity contribution >= 4 is 23.2 Å². The van der Waals surface area contributed by atoms with Crippen LogP contribution in [0.4, 0.5) is 5.69 Å². The minimum atomic E-state index is -0.112. The third-order valence-electron chi connectivity index (χ3n) is 4.32. The van der Waals surface area contributed by atoms with Gasteiger partial charge >= 0.3 is 0 Å². The maximum absolute atomic E-state index is 12.2. The van der Waals surface area contributed by atoms with Crippen molar-refractivity contribution in [2.75, 3.05) is 18.5 Å². The highest BCUT2D eigenvalue weighted by Crippen LogP contribution is 2.29. The van der Waals surface area contributed by atoms with Crippen LogP contribution in [0.15, 0.2) is 36.8 Å². The summed E-state index contributed by atoms with van der Waals surface area (Å²) in [6.07, 6.45) is 5.43. The molecule has 0 bridgehead atoms. The van der Waals surface area contributed by atoms with E-state index in [1.165, 1.54) is 0 Å². The molecule has 2 aromatic heterocycles. The molecule has 0 spiro atoms. The Hall–Kier alpha value is -3.00. The van der Waals surface area contributed by atoms with Gasteiger partial charge in [-0.05, 0) is 38.5 Å². The van der Waals surface area contributed by atoms with Gasteiger partial charge in [-0.3, -0.25) is 14.2 Å². The monoisotopic (exact) mass is 431 g/mol. The quantitative estimate of drug-likeness (QED) is 0.526. The molecule has 0 radical (unpaired) electrons. The van der Waals surface area contributed by atoms with E-state index in [2.05, 4.69) is 15.5 Å². The first kappa shape index (κ1) is 21.7. The molecule has 160 valence electrons. The van der Waals surface area contributed by atoms with Crippen molar-refractivity contribution in [2.45, 2.75) is 40.3 Å². The number of anilines is 1. The number of aromatic nitrogens is 4. The van der Waals surface area contributed by atoms with E-state index in [-0.39, 0.29) is 5.91 Å². The molecule has 0 saturated carbocycles. The first-order valence-electron chi connectivity index (χ1n) is 9.88. The summed E-state index contributed by atoms with van der Waals surface area (Å²) >= 11 is 5.99. The molecule has 0 atom stereocenters. The van der Waals surface area contributed by atoms with Gasteiger partial charge in [0.2, 0.25) is 5.91 Å². The Bertz CT molecular complexity index is 979. The Kier molecular flexibility index (Phi) is 7.35. The number of halogens is 1. The number of rotatable bonds is 10. The fraction of sp³-hybridized carbons (Fsp3) is 0.381. The molecule has 0 aliphatic rings. The van der Waals surface area contributed by atoms with Crippen LogP contribution in [0.25, 0.3) is 0 Å². The van der Waals surface area contributed by atoms with Crippen LogP contribution in [0.2, 0.25) is 5.02 Å². The second kappa shape index (κ2) is 10.2. The largest absolute Gasteiger partial charge is 0.490 e. The van der Waals surface area contributed by atoms with E-state index in [0.29, 0.717) is 49.2 Å². The number of carbonyl (C=O) groups is 1. The number of nitrogens with zero attached hydrogens (tertiary/aromatic N) is 4. The molecule has 30 heavy (non-hydrogen) atoms. The molecule has 1 amide bonds. The minimum absolute atomic E-state index is 0.112. The standard InChI is InChI=1S/C21H26ClN5O3/c1-4-29-19-7-6-16(10-20(19)30-5-2)12-27-13-17(11-23-27)24-21(28)8-9-26-14-18(22)15(3)25-26/h6-7,10-11,13-14H,4-5,8-9,12H2,1-3H3,(H,24,28). The van der Waals surface area contributed by atoms with Gasteiger partial charge in [0.15, 0.2) is 11.5 Å². The number of carbonyl (C=O) groups excluding carboxylic acids is 1. The van der Waals surface area contributed by atoms with Crippen LogP contribution >= 0.6 is 11.6 Å². The number of benzene rings is 1. The zero-order chi connectivity index (χ0) is 21.5. The van der Waals surface area contributed by atoms with Crippen molar-refractivity contribution in [1.82, 2.24) is 19.6 Å². The number of ether oxygens (including phenoxy) is 2. The lowest BCUT2D eigenvalue weighted by Crippen LogP contribution is -2.14. The van der Waals surface area contributed by atoms with Gasteiger partial charge in [0, 0.05) is 25.4 Å². The molecular weight excluding hydrogens is 406 g/mol. The lowest BCUT2D eigenvalue weighted by atomic mass is 10.2. The average Bonchev–Trinajstić information content (AvgIpc) is 3.28. The Balaban J connectivity index is 1.56. The summed E-state index contributed by atoms with van der Waals surface area (Å²) < 4.78 is 14.7. The second-order valence-electron chi connectivity index (χ2n) is 6.70. The maximum atomic E-state index is 12.2. The highest BCUT2D eigenvalue weighted by Gasteiger charge is 2.09. The molecular formula is C21H26ClN5O3. The number of aryl methyl sites for hydroxylation is 2. The predicted molar refractivity (Wildman–Crippen MR) is 115 cm³/mol. The summed E-state index contributed by atoms with van der Waals surface area (Å²) in [4.78, 5) is 12.2. The molecule has 0 aliphatic carbocycles. The summed E-state index contributed by atoms with van der Waals surface area (Å²) in [5, 5.41) is 12.0. The molecule has 1 N–H and O–H groups in total. The van der Waals surface area contributed by atoms with Crippen molar-refractivity contribution < 1.29 is 14.3 Å². The van der Waals surface area contributed by atoms with Gasteiger partial charge in [0.05, 0.1) is 42.4 Å². The van der Waals surface area contributed by atoms with Gasteiger partial charge in [0.25, 0.3) is 0 Å². The van der Waals surface area contributed by atoms with Crippen LogP contribution in [0.5, 0.6) is 11.5 Å². The van der Waals surface area contributed by atoms with E-state index < -0.39 is 0 Å². The molecule has 8 nitrogen and oxygen atoms in total. The van der Waals surface area contributed by atoms with Gasteiger partial charge in [-0.25, -0.2) is 0 Å². The normalized spacial score (nSPS) is 10.8. The highest BCUT2D eigenvalue weighted by atomic mass is 35.5. The molecule has 0 unspecified atom stereocenters. The van der Waals surface area contributed by atoms with Crippen LogP contribution in [0.1, 0.15) is 31.5 Å². The van der Waals surface area contributed by atoms with Crippen molar-refractivity contribution in [3.05, 3.63) is 53.1 Å². The summed E-state index contributed by atoms with van der Waals surface area (Å²) in [5.74, 6) is 1.33. The summed E-state index contributed by atoms with van der Waals surface area (Å²) in [7, 11) is 0. The van der Waals surface area contributed by atoms with E-state index in [1.807, 2.05) is 39.0 Å². The maximum Gasteiger partial charge on any atom is 0.226 e. The first-order valence-corrected chi connectivity index (χ1v) is 10.3. The smallest absolute Gasteiger partial charge is 0.226 e. The third-order valence-corrected chi connectivity index (χ3v) is 4.69. The highest BCUT2D eigenvalue weighted by molar-refractivity contribution is 6.31. The fourth-order valence-corrected chi connectivity index (χ4v) is 3.09. The zero-order valence-electron chi connectivity index (χ0n) is 17.4. The van der Waals surface area contributed by atoms with Crippen LogP contribution in [-0.2, 0) is 17.9 Å². The molecule has 1 aromatic carbocycles. The predicted octanol–water partition coefficient (Wildman–Crippen LogP) is 3.92. The Labute approximate surface area is 180 Å². The van der Waals surface area contributed by atoms with Crippen LogP contribution in [0, 0.1) is 6.92 Å². The van der Waals surface area contributed by atoms with E-state index in [0.717, 1.165) is 17.0 Å². The van der Waals surface area contributed by atoms with Crippen molar-refractivity contribution in [3.8, 4) is 11.5 Å². The molecule has 3 rings (SSSR count). The summed E-state index contributed by atoms with van der Waals surface area (Å²) in [6, 6.07) is 5.83.